The number of carbonyl (C=O) groups excluding carboxylic acids is 2. The summed E-state index contributed by atoms with van der Waals surface area (Å²) in [6, 6.07) is 0. The van der Waals surface area contributed by atoms with E-state index in [4.69, 9.17) is 9.47 Å². The van der Waals surface area contributed by atoms with Gasteiger partial charge in [0, 0.05) is 0 Å². The predicted octanol–water partition coefficient (Wildman–Crippen LogP) is 2.17. The molecule has 18 heavy (non-hydrogen) atoms. The van der Waals surface area contributed by atoms with Crippen molar-refractivity contribution in [2.75, 3.05) is 14.2 Å². The summed E-state index contributed by atoms with van der Waals surface area (Å²) >= 11 is 0. The number of ether oxygens (including phenoxy) is 2. The topological polar surface area (TPSA) is 52.6 Å². The van der Waals surface area contributed by atoms with Gasteiger partial charge in [-0.2, -0.15) is 0 Å². The second-order valence-electron chi connectivity index (χ2n) is 5.59. The Balaban J connectivity index is 1.91. The smallest absolute Gasteiger partial charge is 0.308 e. The van der Waals surface area contributed by atoms with E-state index in [1.165, 1.54) is 14.2 Å². The SMILES string of the molecule is COC(=O)[C@@H]1CC[C@@H]2C[C@H](C(=O)OC)CC[C@@H]2C1. The lowest BCUT2D eigenvalue weighted by Crippen LogP contribution is -2.36. The zero-order valence-electron chi connectivity index (χ0n) is 11.2. The van der Waals surface area contributed by atoms with E-state index in [1.54, 1.807) is 0 Å². The fourth-order valence-corrected chi connectivity index (χ4v) is 3.65. The van der Waals surface area contributed by atoms with Crippen LogP contribution >= 0.6 is 0 Å². The molecule has 2 fully saturated rings. The van der Waals surface area contributed by atoms with Gasteiger partial charge in [0.05, 0.1) is 26.1 Å². The van der Waals surface area contributed by atoms with E-state index >= 15 is 0 Å². The molecule has 4 heteroatoms. The normalized spacial score (nSPS) is 35.4. The summed E-state index contributed by atoms with van der Waals surface area (Å²) in [7, 11) is 2.92. The molecule has 0 unspecified atom stereocenters. The Bertz CT molecular complexity index is 294. The van der Waals surface area contributed by atoms with Crippen molar-refractivity contribution in [2.45, 2.75) is 38.5 Å². The van der Waals surface area contributed by atoms with Crippen LogP contribution in [0.4, 0.5) is 0 Å². The van der Waals surface area contributed by atoms with Gasteiger partial charge in [0.2, 0.25) is 0 Å². The highest BCUT2D eigenvalue weighted by Gasteiger charge is 2.40. The number of hydrogen-bond acceptors (Lipinski definition) is 4. The number of hydrogen-bond donors (Lipinski definition) is 0. The van der Waals surface area contributed by atoms with Crippen molar-refractivity contribution in [3.05, 3.63) is 0 Å². The molecule has 0 amide bonds. The lowest BCUT2D eigenvalue weighted by Gasteiger charge is -2.40. The van der Waals surface area contributed by atoms with E-state index in [0.717, 1.165) is 38.5 Å². The summed E-state index contributed by atoms with van der Waals surface area (Å²) in [5, 5.41) is 0. The average molecular weight is 254 g/mol. The fourth-order valence-electron chi connectivity index (χ4n) is 3.65. The quantitative estimate of drug-likeness (QED) is 0.709. The van der Waals surface area contributed by atoms with Crippen molar-refractivity contribution >= 4 is 11.9 Å². The number of methoxy groups -OCH3 is 2. The molecule has 2 aliphatic carbocycles. The molecule has 4 atom stereocenters. The van der Waals surface area contributed by atoms with Crippen LogP contribution in [0.3, 0.4) is 0 Å². The molecule has 2 rings (SSSR count). The van der Waals surface area contributed by atoms with Crippen molar-refractivity contribution in [1.29, 1.82) is 0 Å². The molecule has 0 aromatic rings. The van der Waals surface area contributed by atoms with E-state index in [-0.39, 0.29) is 23.8 Å². The Morgan fingerprint density at radius 1 is 0.778 bits per heavy atom. The minimum atomic E-state index is -0.0662. The van der Waals surface area contributed by atoms with E-state index in [1.807, 2.05) is 0 Å². The first kappa shape index (κ1) is 13.4. The maximum Gasteiger partial charge on any atom is 0.308 e. The van der Waals surface area contributed by atoms with Gasteiger partial charge in [-0.25, -0.2) is 0 Å². The second-order valence-corrected chi connectivity index (χ2v) is 5.59. The standard InChI is InChI=1S/C14H22O4/c1-17-13(15)11-5-3-10-8-12(14(16)18-2)6-4-9(10)7-11/h9-12H,3-8H2,1-2H3/t9-,10-,11-,12-/m1/s1. The maximum atomic E-state index is 11.6. The molecule has 0 heterocycles. The minimum Gasteiger partial charge on any atom is -0.469 e. The predicted molar refractivity (Wildman–Crippen MR) is 65.7 cm³/mol. The molecule has 0 aliphatic heterocycles. The van der Waals surface area contributed by atoms with Gasteiger partial charge in [0.15, 0.2) is 0 Å². The van der Waals surface area contributed by atoms with Gasteiger partial charge in [-0.15, -0.1) is 0 Å². The summed E-state index contributed by atoms with van der Waals surface area (Å²) in [4.78, 5) is 23.1. The highest BCUT2D eigenvalue weighted by Crippen LogP contribution is 2.45. The molecule has 0 saturated heterocycles. The third kappa shape index (κ3) is 2.68. The van der Waals surface area contributed by atoms with Crippen LogP contribution in [0.5, 0.6) is 0 Å². The zero-order valence-corrected chi connectivity index (χ0v) is 11.2. The van der Waals surface area contributed by atoms with E-state index in [9.17, 15) is 9.59 Å². The third-order valence-corrected chi connectivity index (χ3v) is 4.68. The van der Waals surface area contributed by atoms with Crippen molar-refractivity contribution in [1.82, 2.24) is 0 Å². The third-order valence-electron chi connectivity index (χ3n) is 4.68. The first-order valence-electron chi connectivity index (χ1n) is 6.81. The van der Waals surface area contributed by atoms with Crippen LogP contribution in [-0.2, 0) is 19.1 Å². The maximum absolute atomic E-state index is 11.6. The Morgan fingerprint density at radius 3 is 1.50 bits per heavy atom. The molecule has 0 spiro atoms. The highest BCUT2D eigenvalue weighted by molar-refractivity contribution is 5.73. The van der Waals surface area contributed by atoms with Crippen LogP contribution in [0.2, 0.25) is 0 Å². The number of rotatable bonds is 2. The van der Waals surface area contributed by atoms with Crippen LogP contribution in [0.1, 0.15) is 38.5 Å². The molecular formula is C14H22O4. The number of fused-ring (bicyclic) bond motifs is 1. The lowest BCUT2D eigenvalue weighted by molar-refractivity contribution is -0.151. The van der Waals surface area contributed by atoms with Crippen LogP contribution in [0.15, 0.2) is 0 Å². The van der Waals surface area contributed by atoms with Crippen LogP contribution in [0, 0.1) is 23.7 Å². The first-order valence-corrected chi connectivity index (χ1v) is 6.81. The molecule has 2 aliphatic rings. The summed E-state index contributed by atoms with van der Waals surface area (Å²) in [6.45, 7) is 0. The summed E-state index contributed by atoms with van der Waals surface area (Å²) in [5.74, 6) is 1.19. The number of esters is 2. The molecule has 0 radical (unpaired) electrons. The Hall–Kier alpha value is -1.06. The summed E-state index contributed by atoms with van der Waals surface area (Å²) in [6.07, 6.45) is 5.76. The van der Waals surface area contributed by atoms with Crippen molar-refractivity contribution < 1.29 is 19.1 Å². The van der Waals surface area contributed by atoms with E-state index in [2.05, 4.69) is 0 Å². The van der Waals surface area contributed by atoms with Crippen LogP contribution in [0.25, 0.3) is 0 Å². The molecule has 0 aromatic carbocycles. The zero-order chi connectivity index (χ0) is 13.1. The van der Waals surface area contributed by atoms with Crippen LogP contribution < -0.4 is 0 Å². The average Bonchev–Trinajstić information content (AvgIpc) is 2.44. The first-order chi connectivity index (χ1) is 8.65. The molecular weight excluding hydrogens is 232 g/mol. The number of carbonyl (C=O) groups is 2. The van der Waals surface area contributed by atoms with Gasteiger partial charge in [-0.3, -0.25) is 9.59 Å². The molecule has 0 aromatic heterocycles. The largest absolute Gasteiger partial charge is 0.469 e. The lowest BCUT2D eigenvalue weighted by atomic mass is 9.65. The highest BCUT2D eigenvalue weighted by atomic mass is 16.5. The van der Waals surface area contributed by atoms with Crippen molar-refractivity contribution in [2.24, 2.45) is 23.7 Å². The Morgan fingerprint density at radius 2 is 1.17 bits per heavy atom. The molecule has 0 N–H and O–H groups in total. The van der Waals surface area contributed by atoms with Crippen LogP contribution in [-0.4, -0.2) is 26.2 Å². The molecule has 2 saturated carbocycles. The Labute approximate surface area is 108 Å². The second kappa shape index (κ2) is 5.72. The summed E-state index contributed by atoms with van der Waals surface area (Å²) < 4.78 is 9.67. The summed E-state index contributed by atoms with van der Waals surface area (Å²) in [5.41, 5.74) is 0. The van der Waals surface area contributed by atoms with E-state index < -0.39 is 0 Å². The molecule has 4 nitrogen and oxygen atoms in total. The monoisotopic (exact) mass is 254 g/mol. The van der Waals surface area contributed by atoms with Gasteiger partial charge in [0.1, 0.15) is 0 Å². The van der Waals surface area contributed by atoms with Gasteiger partial charge < -0.3 is 9.47 Å². The molecule has 102 valence electrons. The van der Waals surface area contributed by atoms with Crippen molar-refractivity contribution in [3.63, 3.8) is 0 Å². The van der Waals surface area contributed by atoms with Gasteiger partial charge in [-0.05, 0) is 50.4 Å². The van der Waals surface area contributed by atoms with Gasteiger partial charge in [-0.1, -0.05) is 0 Å². The van der Waals surface area contributed by atoms with Gasteiger partial charge in [0.25, 0.3) is 0 Å². The van der Waals surface area contributed by atoms with E-state index in [0.29, 0.717) is 11.8 Å². The fraction of sp³-hybridized carbons (Fsp3) is 0.857. The van der Waals surface area contributed by atoms with Crippen molar-refractivity contribution in [3.8, 4) is 0 Å². The molecule has 0 bridgehead atoms. The van der Waals surface area contributed by atoms with Gasteiger partial charge >= 0.3 is 11.9 Å². The minimum absolute atomic E-state index is 0.0662. The Kier molecular flexibility index (Phi) is 4.25.